The van der Waals surface area contributed by atoms with E-state index in [1.807, 2.05) is 39.1 Å². The fraction of sp³-hybridized carbons (Fsp3) is 0.588. The van der Waals surface area contributed by atoms with E-state index in [2.05, 4.69) is 53.5 Å². The van der Waals surface area contributed by atoms with Crippen molar-refractivity contribution >= 4 is 46.4 Å². The van der Waals surface area contributed by atoms with Crippen molar-refractivity contribution in [3.8, 4) is 16.9 Å². The van der Waals surface area contributed by atoms with E-state index in [-0.39, 0.29) is 61.4 Å². The van der Waals surface area contributed by atoms with Crippen LogP contribution in [0.1, 0.15) is 90.5 Å². The van der Waals surface area contributed by atoms with Gasteiger partial charge in [0.1, 0.15) is 17.8 Å². The van der Waals surface area contributed by atoms with Crippen LogP contribution in [0.3, 0.4) is 0 Å². The van der Waals surface area contributed by atoms with Gasteiger partial charge in [0.05, 0.1) is 34.5 Å². The Morgan fingerprint density at radius 3 is 2.57 bits per heavy atom. The maximum atomic E-state index is 14.8. The number of carbonyl (C=O) groups excluding carboxylic acids is 4. The number of benzene rings is 2. The van der Waals surface area contributed by atoms with Gasteiger partial charge in [0.2, 0.25) is 16.7 Å². The Morgan fingerprint density at radius 2 is 1.86 bits per heavy atom. The average Bonchev–Trinajstić information content (AvgIpc) is 3.99. The highest BCUT2D eigenvalue weighted by atomic mass is 16.8. The molecule has 5 amide bonds. The number of aliphatic imine (C=N–C) groups is 1. The predicted octanol–water partition coefficient (Wildman–Crippen LogP) is 5.00. The summed E-state index contributed by atoms with van der Waals surface area (Å²) >= 11 is 0. The molecule has 6 atom stereocenters. The first kappa shape index (κ1) is 49.6. The van der Waals surface area contributed by atoms with Crippen molar-refractivity contribution in [1.29, 1.82) is 0 Å². The number of fused-ring (bicyclic) bond motifs is 6. The number of likely N-dealkylation sites (N-methyl/N-ethyl adjacent to an activating group) is 2. The summed E-state index contributed by atoms with van der Waals surface area (Å²) in [5.41, 5.74) is 9.97. The van der Waals surface area contributed by atoms with Crippen LogP contribution in [0.15, 0.2) is 47.1 Å². The van der Waals surface area contributed by atoms with Gasteiger partial charge in [0.25, 0.3) is 5.91 Å². The van der Waals surface area contributed by atoms with Gasteiger partial charge >= 0.3 is 12.2 Å². The molecule has 6 heterocycles. The minimum absolute atomic E-state index is 0.00327. The molecule has 18 heteroatoms. The molecule has 2 aromatic carbocycles. The van der Waals surface area contributed by atoms with Crippen LogP contribution in [-0.4, -0.2) is 155 Å². The number of phenols is 1. The molecule has 0 saturated carbocycles. The number of phenolic OH excluding ortho intramolecular Hbond substituents is 1. The van der Waals surface area contributed by atoms with Crippen molar-refractivity contribution in [2.24, 2.45) is 16.3 Å². The van der Waals surface area contributed by atoms with Crippen molar-refractivity contribution in [2.75, 3.05) is 54.0 Å². The number of methoxy groups -OCH3 is 1. The maximum Gasteiger partial charge on any atom is 0.326 e. The summed E-state index contributed by atoms with van der Waals surface area (Å²) in [7, 11) is 5.05. The molecule has 6 bridgehead atoms. The normalized spacial score (nSPS) is 23.7. The van der Waals surface area contributed by atoms with E-state index in [1.54, 1.807) is 43.1 Å². The summed E-state index contributed by atoms with van der Waals surface area (Å²) in [6.45, 7) is 14.5. The highest BCUT2D eigenvalue weighted by molar-refractivity contribution is 5.95. The van der Waals surface area contributed by atoms with Crippen LogP contribution in [0, 0.1) is 16.2 Å². The van der Waals surface area contributed by atoms with Crippen LogP contribution in [0.4, 0.5) is 4.79 Å². The summed E-state index contributed by atoms with van der Waals surface area (Å²) < 4.78 is 8.19. The lowest BCUT2D eigenvalue weighted by atomic mass is 9.83. The number of likely N-dealkylation sites (tertiary alicyclic amines) is 1. The molecular weight excluding hydrogens is 881 g/mol. The number of hydrogen-bond donors (Lipinski definition) is 4. The second-order valence-electron chi connectivity index (χ2n) is 20.6. The number of hydrazine groups is 1. The third-order valence-electron chi connectivity index (χ3n) is 14.5. The van der Waals surface area contributed by atoms with E-state index in [4.69, 9.17) is 14.6 Å². The molecule has 0 aliphatic carbocycles. The molecule has 4 N–H and O–H groups in total. The zero-order valence-electron chi connectivity index (χ0n) is 41.7. The number of aromatic hydroxyl groups is 1. The molecule has 0 spiro atoms. The van der Waals surface area contributed by atoms with Crippen LogP contribution in [0.2, 0.25) is 0 Å². The number of amides is 5. The van der Waals surface area contributed by atoms with E-state index in [1.165, 1.54) is 9.91 Å². The summed E-state index contributed by atoms with van der Waals surface area (Å²) in [6.07, 6.45) is 4.48. The number of ether oxygens (including phenoxy) is 1. The smallest absolute Gasteiger partial charge is 0.326 e. The molecule has 8 rings (SSSR count). The first-order valence-electron chi connectivity index (χ1n) is 24.7. The molecule has 372 valence electrons. The summed E-state index contributed by atoms with van der Waals surface area (Å²) in [4.78, 5) is 86.5. The SMILES string of the molecule is CCn1c(C2=C([C@H](C)OC)N=CCC2)c2c3cc(ccc31)-c1cc(O)cc(c1)C[C@H](NC(=O)[C@H](C(C)C)N(C)C(=O)N1CC[C@@H](N(C)C(=O)C3CN3)C1)C(=O)N1CCC[C@H](N1)[N+](=O)OCC(C)(C)C2. The Kier molecular flexibility index (Phi) is 14.5. The van der Waals surface area contributed by atoms with Crippen LogP contribution in [0.25, 0.3) is 27.6 Å². The second-order valence-corrected chi connectivity index (χ2v) is 20.6. The number of allylic oxidation sites excluding steroid dienone is 1. The van der Waals surface area contributed by atoms with Gasteiger partial charge in [-0.2, -0.15) is 5.43 Å². The number of hydrogen-bond acceptors (Lipinski definition) is 11. The molecule has 1 aromatic heterocycles. The van der Waals surface area contributed by atoms with Crippen molar-refractivity contribution in [3.63, 3.8) is 0 Å². The highest BCUT2D eigenvalue weighted by Gasteiger charge is 2.43. The molecule has 5 aliphatic heterocycles. The number of nitrogens with one attached hydrogen (secondary N) is 3. The zero-order valence-corrected chi connectivity index (χ0v) is 41.7. The lowest BCUT2D eigenvalue weighted by Gasteiger charge is -2.36. The van der Waals surface area contributed by atoms with E-state index >= 15 is 0 Å². The van der Waals surface area contributed by atoms with Crippen LogP contribution >= 0.6 is 0 Å². The molecule has 0 radical (unpaired) electrons. The topological polar surface area (TPSA) is 203 Å². The van der Waals surface area contributed by atoms with Gasteiger partial charge in [-0.05, 0) is 98.4 Å². The third-order valence-corrected chi connectivity index (χ3v) is 14.5. The fourth-order valence-corrected chi connectivity index (χ4v) is 10.7. The number of rotatable bonds is 10. The van der Waals surface area contributed by atoms with Gasteiger partial charge in [-0.15, -0.1) is 0 Å². The van der Waals surface area contributed by atoms with Crippen molar-refractivity contribution in [2.45, 2.75) is 129 Å². The van der Waals surface area contributed by atoms with Crippen molar-refractivity contribution in [3.05, 3.63) is 63.8 Å². The summed E-state index contributed by atoms with van der Waals surface area (Å²) in [5, 5.41) is 19.8. The van der Waals surface area contributed by atoms with Gasteiger partial charge in [-0.1, -0.05) is 39.8 Å². The quantitative estimate of drug-likeness (QED) is 0.201. The van der Waals surface area contributed by atoms with Crippen LogP contribution in [-0.2, 0) is 43.3 Å². The van der Waals surface area contributed by atoms with Gasteiger partial charge in [-0.25, -0.2) is 9.63 Å². The molecule has 3 aromatic rings. The van der Waals surface area contributed by atoms with E-state index < -0.39 is 35.5 Å². The van der Waals surface area contributed by atoms with Crippen LogP contribution in [0.5, 0.6) is 5.75 Å². The lowest BCUT2D eigenvalue weighted by molar-refractivity contribution is -0.835. The Labute approximate surface area is 404 Å². The fourth-order valence-electron chi connectivity index (χ4n) is 10.7. The van der Waals surface area contributed by atoms with Gasteiger partial charge in [-0.3, -0.25) is 24.4 Å². The Morgan fingerprint density at radius 1 is 1.09 bits per heavy atom. The van der Waals surface area contributed by atoms with Gasteiger partial charge in [0, 0.05) is 94.9 Å². The monoisotopic (exact) mass is 952 g/mol. The molecule has 3 fully saturated rings. The van der Waals surface area contributed by atoms with Crippen molar-refractivity contribution in [1.82, 2.24) is 40.3 Å². The van der Waals surface area contributed by atoms with Gasteiger partial charge < -0.3 is 39.7 Å². The summed E-state index contributed by atoms with van der Waals surface area (Å²) in [6, 6.07) is 8.75. The number of carbonyl (C=O) groups is 4. The van der Waals surface area contributed by atoms with Crippen molar-refractivity contribution < 1.29 is 38.8 Å². The third kappa shape index (κ3) is 10.4. The predicted molar refractivity (Wildman–Crippen MR) is 263 cm³/mol. The lowest BCUT2D eigenvalue weighted by Crippen LogP contribution is -2.62. The molecule has 1 unspecified atom stereocenters. The first-order chi connectivity index (χ1) is 32.9. The van der Waals surface area contributed by atoms with E-state index in [9.17, 15) is 29.2 Å². The standard InChI is InChI=1S/C51H70N10O8/c1-10-59-42-16-15-33-25-38(42)39(46(59)37-13-11-18-52-44(37)31(4)68-9)26-51(5,6)29-69-61(67)43-14-12-19-60(55-43)49(65)40(23-32-21-34(33)24-36(62)22-32)54-47(63)45(30(2)3)57(8)50(66)58-20-17-35(28-58)56(7)48(64)41-27-53-41/h15-16,18,21-22,24-25,30-31,35,40-41,43,45,53,55H,10-14,17,19-20,23,26-29H2,1-9H3,(H-,54,62,63)/p+1/t31-,35+,40-,41?,43+,45-/m0/s1. The van der Waals surface area contributed by atoms with E-state index in [0.29, 0.717) is 62.3 Å². The molecule has 3 saturated heterocycles. The Hall–Kier alpha value is -5.85. The summed E-state index contributed by atoms with van der Waals surface area (Å²) in [5.74, 6) is -1.35. The number of aryl methyl sites for hydroxylation is 1. The number of urea groups is 1. The molecule has 5 aliphatic rings. The largest absolute Gasteiger partial charge is 0.508 e. The minimum atomic E-state index is -1.17. The average molecular weight is 952 g/mol. The second kappa shape index (κ2) is 20.2. The maximum absolute atomic E-state index is 14.8. The zero-order chi connectivity index (χ0) is 49.5. The molecule has 69 heavy (non-hydrogen) atoms. The highest BCUT2D eigenvalue weighted by Crippen LogP contribution is 2.42. The molecular formula is C51H71N10O8+. The van der Waals surface area contributed by atoms with Gasteiger partial charge in [0.15, 0.2) is 6.61 Å². The van der Waals surface area contributed by atoms with E-state index in [0.717, 1.165) is 57.4 Å². The Balaban J connectivity index is 1.16. The number of nitrogens with zero attached hydrogens (tertiary/aromatic N) is 7. The van der Waals surface area contributed by atoms with Crippen LogP contribution < -0.4 is 16.1 Å². The number of aromatic nitrogens is 1. The molecule has 18 nitrogen and oxygen atoms in total. The minimum Gasteiger partial charge on any atom is -0.508 e. The first-order valence-corrected chi connectivity index (χ1v) is 24.7. The Bertz CT molecular complexity index is 2550.